The molecular weight excluding hydrogens is 202 g/mol. The minimum atomic E-state index is 0.136. The number of aryl methyl sites for hydroxylation is 1. The van der Waals surface area contributed by atoms with Gasteiger partial charge in [-0.05, 0) is 35.6 Å². The summed E-state index contributed by atoms with van der Waals surface area (Å²) < 4.78 is 0. The first kappa shape index (κ1) is 10.4. The van der Waals surface area contributed by atoms with Gasteiger partial charge in [-0.2, -0.15) is 5.26 Å². The molecule has 2 rings (SSSR count). The first-order valence-electron chi connectivity index (χ1n) is 5.14. The van der Waals surface area contributed by atoms with E-state index in [4.69, 9.17) is 5.26 Å². The maximum absolute atomic E-state index is 10.6. The fourth-order valence-electron chi connectivity index (χ4n) is 2.20. The summed E-state index contributed by atoms with van der Waals surface area (Å²) in [7, 11) is 0. The van der Waals surface area contributed by atoms with E-state index in [1.807, 2.05) is 12.1 Å². The van der Waals surface area contributed by atoms with Gasteiger partial charge in [0.05, 0.1) is 6.07 Å². The molecule has 0 unspecified atom stereocenters. The predicted molar refractivity (Wildman–Crippen MR) is 59.8 cm³/mol. The second kappa shape index (κ2) is 4.19. The normalized spacial score (nSPS) is 15.8. The van der Waals surface area contributed by atoms with E-state index < -0.39 is 0 Å². The van der Waals surface area contributed by atoms with Gasteiger partial charge in [0.15, 0.2) is 0 Å². The van der Waals surface area contributed by atoms with Crippen LogP contribution in [0.5, 0.6) is 5.75 Å². The molecule has 0 bridgehead atoms. The number of hydrogen-bond donors (Lipinski definition) is 1. The average Bonchev–Trinajstić information content (AvgIpc) is 2.67. The lowest BCUT2D eigenvalue weighted by atomic mass is 9.97. The van der Waals surface area contributed by atoms with E-state index in [1.54, 1.807) is 6.07 Å². The Bertz CT molecular complexity index is 509. The second-order valence-corrected chi connectivity index (χ2v) is 3.77. The van der Waals surface area contributed by atoms with Crippen molar-refractivity contribution < 1.29 is 9.90 Å². The van der Waals surface area contributed by atoms with Crippen molar-refractivity contribution in [3.63, 3.8) is 0 Å². The zero-order valence-electron chi connectivity index (χ0n) is 8.73. The molecule has 1 N–H and O–H groups in total. The largest absolute Gasteiger partial charge is 0.508 e. The molecule has 0 radical (unpaired) electrons. The molecule has 0 heterocycles. The molecule has 3 heteroatoms. The number of phenols is 1. The lowest BCUT2D eigenvalue weighted by molar-refractivity contribution is -0.107. The van der Waals surface area contributed by atoms with Crippen molar-refractivity contribution in [3.05, 3.63) is 34.9 Å². The van der Waals surface area contributed by atoms with Crippen LogP contribution < -0.4 is 0 Å². The number of phenolic OH excluding ortho intramolecular Hbond substituents is 1. The predicted octanol–water partition coefficient (Wildman–Crippen LogP) is 1.99. The fourth-order valence-corrected chi connectivity index (χ4v) is 2.20. The Kier molecular flexibility index (Phi) is 2.74. The summed E-state index contributed by atoms with van der Waals surface area (Å²) in [5.41, 5.74) is 3.57. The lowest BCUT2D eigenvalue weighted by Crippen LogP contribution is -1.95. The molecule has 0 fully saturated rings. The van der Waals surface area contributed by atoms with Gasteiger partial charge in [0.25, 0.3) is 0 Å². The molecule has 0 spiro atoms. The smallest absolute Gasteiger partial charge is 0.124 e. The molecule has 1 aliphatic rings. The Balaban J connectivity index is 2.62. The monoisotopic (exact) mass is 213 g/mol. The minimum Gasteiger partial charge on any atom is -0.508 e. The van der Waals surface area contributed by atoms with E-state index >= 15 is 0 Å². The zero-order chi connectivity index (χ0) is 11.5. The standard InChI is InChI=1S/C13H11NO2/c14-7-5-10-2-1-9-3-4-12(16)11(6-8-15)13(9)10/h3-5,8,16H,1-2,6H2/b10-5+. The summed E-state index contributed by atoms with van der Waals surface area (Å²) in [4.78, 5) is 10.6. The summed E-state index contributed by atoms with van der Waals surface area (Å²) >= 11 is 0. The topological polar surface area (TPSA) is 61.1 Å². The van der Waals surface area contributed by atoms with Crippen molar-refractivity contribution in [2.45, 2.75) is 19.3 Å². The van der Waals surface area contributed by atoms with E-state index in [0.29, 0.717) is 5.56 Å². The Labute approximate surface area is 93.6 Å². The number of nitriles is 1. The van der Waals surface area contributed by atoms with Crippen LogP contribution in [0.3, 0.4) is 0 Å². The molecule has 0 aromatic heterocycles. The number of carbonyl (C=O) groups excluding carboxylic acids is 1. The summed E-state index contributed by atoms with van der Waals surface area (Å²) in [5.74, 6) is 0.136. The maximum Gasteiger partial charge on any atom is 0.124 e. The van der Waals surface area contributed by atoms with Crippen LogP contribution in [0, 0.1) is 11.3 Å². The summed E-state index contributed by atoms with van der Waals surface area (Å²) in [6.45, 7) is 0. The number of aldehydes is 1. The van der Waals surface area contributed by atoms with Crippen LogP contribution in [0.2, 0.25) is 0 Å². The molecule has 0 amide bonds. The van der Waals surface area contributed by atoms with E-state index in [2.05, 4.69) is 0 Å². The van der Waals surface area contributed by atoms with Crippen LogP contribution in [0.4, 0.5) is 0 Å². The average molecular weight is 213 g/mol. The van der Waals surface area contributed by atoms with E-state index in [0.717, 1.165) is 35.8 Å². The van der Waals surface area contributed by atoms with Gasteiger partial charge in [-0.1, -0.05) is 6.07 Å². The van der Waals surface area contributed by atoms with Gasteiger partial charge in [0.2, 0.25) is 0 Å². The minimum absolute atomic E-state index is 0.136. The number of fused-ring (bicyclic) bond motifs is 1. The van der Waals surface area contributed by atoms with Crippen LogP contribution in [-0.4, -0.2) is 11.4 Å². The van der Waals surface area contributed by atoms with E-state index in [1.165, 1.54) is 6.08 Å². The Morgan fingerprint density at radius 2 is 2.25 bits per heavy atom. The maximum atomic E-state index is 10.6. The molecule has 0 saturated heterocycles. The number of rotatable bonds is 2. The van der Waals surface area contributed by atoms with Gasteiger partial charge in [0, 0.05) is 18.1 Å². The molecule has 0 aliphatic heterocycles. The van der Waals surface area contributed by atoms with Crippen molar-refractivity contribution in [3.8, 4) is 11.8 Å². The van der Waals surface area contributed by atoms with Crippen LogP contribution in [0.25, 0.3) is 5.57 Å². The molecule has 1 aliphatic carbocycles. The molecule has 1 aromatic carbocycles. The fraction of sp³-hybridized carbons (Fsp3) is 0.231. The van der Waals surface area contributed by atoms with Crippen molar-refractivity contribution in [2.24, 2.45) is 0 Å². The van der Waals surface area contributed by atoms with E-state index in [-0.39, 0.29) is 12.2 Å². The third-order valence-electron chi connectivity index (χ3n) is 2.89. The highest BCUT2D eigenvalue weighted by molar-refractivity contribution is 5.79. The van der Waals surface area contributed by atoms with Crippen molar-refractivity contribution in [2.75, 3.05) is 0 Å². The summed E-state index contributed by atoms with van der Waals surface area (Å²) in [5, 5.41) is 18.4. The van der Waals surface area contributed by atoms with Gasteiger partial charge < -0.3 is 9.90 Å². The number of carbonyl (C=O) groups is 1. The SMILES string of the molecule is N#C/C=C1\CCc2ccc(O)c(CC=O)c21. The molecule has 80 valence electrons. The Hall–Kier alpha value is -2.08. The van der Waals surface area contributed by atoms with Gasteiger partial charge in [-0.3, -0.25) is 0 Å². The zero-order valence-corrected chi connectivity index (χ0v) is 8.73. The number of nitrogens with zero attached hydrogens (tertiary/aromatic N) is 1. The number of allylic oxidation sites excluding steroid dienone is 2. The molecular formula is C13H11NO2. The van der Waals surface area contributed by atoms with E-state index in [9.17, 15) is 9.90 Å². The number of hydrogen-bond acceptors (Lipinski definition) is 3. The van der Waals surface area contributed by atoms with Crippen molar-refractivity contribution in [1.29, 1.82) is 5.26 Å². The Morgan fingerprint density at radius 1 is 1.44 bits per heavy atom. The van der Waals surface area contributed by atoms with Crippen LogP contribution >= 0.6 is 0 Å². The summed E-state index contributed by atoms with van der Waals surface area (Å²) in [6, 6.07) is 5.48. The second-order valence-electron chi connectivity index (χ2n) is 3.77. The third-order valence-corrected chi connectivity index (χ3v) is 2.89. The van der Waals surface area contributed by atoms with Crippen LogP contribution in [-0.2, 0) is 17.6 Å². The number of benzene rings is 1. The van der Waals surface area contributed by atoms with Crippen molar-refractivity contribution >= 4 is 11.9 Å². The first-order chi connectivity index (χ1) is 7.77. The lowest BCUT2D eigenvalue weighted by Gasteiger charge is -2.09. The molecule has 0 atom stereocenters. The molecule has 16 heavy (non-hydrogen) atoms. The Morgan fingerprint density at radius 3 is 2.94 bits per heavy atom. The highest BCUT2D eigenvalue weighted by atomic mass is 16.3. The highest BCUT2D eigenvalue weighted by Gasteiger charge is 2.21. The van der Waals surface area contributed by atoms with Gasteiger partial charge in [0.1, 0.15) is 12.0 Å². The van der Waals surface area contributed by atoms with Crippen molar-refractivity contribution in [1.82, 2.24) is 0 Å². The summed E-state index contributed by atoms with van der Waals surface area (Å²) in [6.07, 6.45) is 4.14. The molecule has 0 saturated carbocycles. The first-order valence-corrected chi connectivity index (χ1v) is 5.14. The molecule has 3 nitrogen and oxygen atoms in total. The highest BCUT2D eigenvalue weighted by Crippen LogP contribution is 2.38. The van der Waals surface area contributed by atoms with Crippen LogP contribution in [0.1, 0.15) is 23.1 Å². The van der Waals surface area contributed by atoms with Gasteiger partial charge >= 0.3 is 0 Å². The number of aromatic hydroxyl groups is 1. The third kappa shape index (κ3) is 1.59. The van der Waals surface area contributed by atoms with Crippen LogP contribution in [0.15, 0.2) is 18.2 Å². The molecule has 1 aromatic rings. The quantitative estimate of drug-likeness (QED) is 0.603. The van der Waals surface area contributed by atoms with Gasteiger partial charge in [-0.15, -0.1) is 0 Å². The van der Waals surface area contributed by atoms with Gasteiger partial charge in [-0.25, -0.2) is 0 Å².